The van der Waals surface area contributed by atoms with Crippen molar-refractivity contribution in [3.63, 3.8) is 0 Å². The molecule has 2 N–H and O–H groups in total. The zero-order valence-corrected chi connectivity index (χ0v) is 13.6. The highest BCUT2D eigenvalue weighted by atomic mass is 16.5. The van der Waals surface area contributed by atoms with Gasteiger partial charge in [0.1, 0.15) is 0 Å². The molecule has 120 valence electrons. The molecule has 2 rings (SSSR count). The molecule has 1 aliphatic rings. The number of rotatable bonds is 7. The van der Waals surface area contributed by atoms with E-state index >= 15 is 0 Å². The molecular formula is C15H29N5O. The van der Waals surface area contributed by atoms with Crippen LogP contribution in [0, 0.1) is 5.92 Å². The summed E-state index contributed by atoms with van der Waals surface area (Å²) in [7, 11) is 4.27. The number of hydrogen-bond acceptors (Lipinski definition) is 6. The van der Waals surface area contributed by atoms with Crippen LogP contribution in [0.4, 0.5) is 0 Å². The molecule has 0 bridgehead atoms. The molecule has 6 heteroatoms. The van der Waals surface area contributed by atoms with Gasteiger partial charge >= 0.3 is 0 Å². The predicted octanol–water partition coefficient (Wildman–Crippen LogP) is 1.30. The number of piperazine rings is 1. The average Bonchev–Trinajstić information content (AvgIpc) is 2.94. The van der Waals surface area contributed by atoms with Crippen molar-refractivity contribution < 1.29 is 4.52 Å². The lowest BCUT2D eigenvalue weighted by Gasteiger charge is -2.35. The van der Waals surface area contributed by atoms with Crippen molar-refractivity contribution in [1.29, 1.82) is 0 Å². The van der Waals surface area contributed by atoms with E-state index in [9.17, 15) is 0 Å². The molecule has 2 unspecified atom stereocenters. The van der Waals surface area contributed by atoms with E-state index in [-0.39, 0.29) is 6.04 Å². The van der Waals surface area contributed by atoms with Gasteiger partial charge in [0.25, 0.3) is 0 Å². The molecule has 1 saturated heterocycles. The molecule has 21 heavy (non-hydrogen) atoms. The molecule has 1 aliphatic heterocycles. The Labute approximate surface area is 127 Å². The smallest absolute Gasteiger partial charge is 0.226 e. The molecule has 1 aromatic heterocycles. The van der Waals surface area contributed by atoms with Gasteiger partial charge in [0, 0.05) is 26.1 Å². The van der Waals surface area contributed by atoms with E-state index in [0.29, 0.717) is 5.92 Å². The van der Waals surface area contributed by atoms with Gasteiger partial charge in [0.05, 0.1) is 6.04 Å². The summed E-state index contributed by atoms with van der Waals surface area (Å²) in [5, 5.41) is 4.20. The molecule has 2 heterocycles. The summed E-state index contributed by atoms with van der Waals surface area (Å²) in [6, 6.07) is 0.243. The Bertz CT molecular complexity index is 422. The topological polar surface area (TPSA) is 71.4 Å². The third-order valence-corrected chi connectivity index (χ3v) is 4.55. The maximum atomic E-state index is 5.64. The third kappa shape index (κ3) is 4.49. The Hall–Kier alpha value is -0.980. The molecule has 0 aromatic carbocycles. The van der Waals surface area contributed by atoms with E-state index in [1.165, 1.54) is 0 Å². The minimum Gasteiger partial charge on any atom is -0.339 e. The van der Waals surface area contributed by atoms with Gasteiger partial charge in [0.2, 0.25) is 5.89 Å². The van der Waals surface area contributed by atoms with Crippen LogP contribution in [0.5, 0.6) is 0 Å². The van der Waals surface area contributed by atoms with Gasteiger partial charge in [-0.05, 0) is 39.4 Å². The molecular weight excluding hydrogens is 266 g/mol. The minimum atomic E-state index is 0.243. The number of aromatic nitrogens is 2. The number of aryl methyl sites for hydroxylation is 1. The predicted molar refractivity (Wildman–Crippen MR) is 82.9 cm³/mol. The maximum Gasteiger partial charge on any atom is 0.226 e. The van der Waals surface area contributed by atoms with Crippen LogP contribution in [0.25, 0.3) is 0 Å². The van der Waals surface area contributed by atoms with Crippen molar-refractivity contribution in [3.8, 4) is 0 Å². The highest BCUT2D eigenvalue weighted by Crippen LogP contribution is 2.22. The summed E-state index contributed by atoms with van der Waals surface area (Å²) in [5.41, 5.74) is 5.64. The molecule has 1 aromatic rings. The molecule has 2 atom stereocenters. The van der Waals surface area contributed by atoms with Crippen molar-refractivity contribution >= 4 is 0 Å². The number of nitrogens with zero attached hydrogens (tertiary/aromatic N) is 4. The first kappa shape index (κ1) is 16.4. The monoisotopic (exact) mass is 295 g/mol. The SMILES string of the molecule is CCC(CCN)CCc1nc(C2CN(C)CCN2C)no1. The number of likely N-dealkylation sites (N-methyl/N-ethyl adjacent to an activating group) is 2. The zero-order valence-electron chi connectivity index (χ0n) is 13.6. The highest BCUT2D eigenvalue weighted by molar-refractivity contribution is 4.98. The van der Waals surface area contributed by atoms with Gasteiger partial charge < -0.3 is 15.2 Å². The van der Waals surface area contributed by atoms with Gasteiger partial charge in [-0.15, -0.1) is 0 Å². The van der Waals surface area contributed by atoms with Crippen LogP contribution in [0.15, 0.2) is 4.52 Å². The van der Waals surface area contributed by atoms with Crippen LogP contribution in [-0.2, 0) is 6.42 Å². The fourth-order valence-electron chi connectivity index (χ4n) is 2.91. The number of hydrogen-bond donors (Lipinski definition) is 1. The van der Waals surface area contributed by atoms with E-state index < -0.39 is 0 Å². The Morgan fingerprint density at radius 1 is 1.33 bits per heavy atom. The summed E-state index contributed by atoms with van der Waals surface area (Å²) in [4.78, 5) is 9.23. The van der Waals surface area contributed by atoms with Crippen LogP contribution in [0.2, 0.25) is 0 Å². The molecule has 0 aliphatic carbocycles. The van der Waals surface area contributed by atoms with Crippen LogP contribution in [0.3, 0.4) is 0 Å². The highest BCUT2D eigenvalue weighted by Gasteiger charge is 2.27. The van der Waals surface area contributed by atoms with E-state index in [4.69, 9.17) is 10.3 Å². The molecule has 0 spiro atoms. The first-order valence-electron chi connectivity index (χ1n) is 8.05. The van der Waals surface area contributed by atoms with Gasteiger partial charge in [0.15, 0.2) is 5.82 Å². The summed E-state index contributed by atoms with van der Waals surface area (Å²) in [6.07, 6.45) is 4.18. The first-order chi connectivity index (χ1) is 10.1. The van der Waals surface area contributed by atoms with Crippen LogP contribution in [0.1, 0.15) is 43.9 Å². The summed E-state index contributed by atoms with van der Waals surface area (Å²) in [5.74, 6) is 2.25. The fraction of sp³-hybridized carbons (Fsp3) is 0.867. The summed E-state index contributed by atoms with van der Waals surface area (Å²) in [6.45, 7) is 6.06. The normalized spacial score (nSPS) is 22.6. The first-order valence-corrected chi connectivity index (χ1v) is 8.05. The maximum absolute atomic E-state index is 5.64. The Morgan fingerprint density at radius 3 is 2.86 bits per heavy atom. The Morgan fingerprint density at radius 2 is 2.14 bits per heavy atom. The van der Waals surface area contributed by atoms with Crippen molar-refractivity contribution in [2.75, 3.05) is 40.3 Å². The lowest BCUT2D eigenvalue weighted by molar-refractivity contribution is 0.108. The number of nitrogens with two attached hydrogens (primary N) is 1. The lowest BCUT2D eigenvalue weighted by Crippen LogP contribution is -2.45. The van der Waals surface area contributed by atoms with Crippen LogP contribution in [-0.4, -0.2) is 60.2 Å². The summed E-state index contributed by atoms with van der Waals surface area (Å²) < 4.78 is 5.44. The minimum absolute atomic E-state index is 0.243. The Kier molecular flexibility index (Phi) is 6.14. The van der Waals surface area contributed by atoms with Crippen molar-refractivity contribution in [1.82, 2.24) is 19.9 Å². The standard InChI is InChI=1S/C15H29N5O/c1-4-12(7-8-16)5-6-14-17-15(18-21-14)13-11-19(2)9-10-20(13)3/h12-13H,4-11,16H2,1-3H3. The molecule has 0 saturated carbocycles. The third-order valence-electron chi connectivity index (χ3n) is 4.55. The molecule has 6 nitrogen and oxygen atoms in total. The van der Waals surface area contributed by atoms with E-state index in [1.807, 2.05) is 0 Å². The van der Waals surface area contributed by atoms with Crippen molar-refractivity contribution in [2.24, 2.45) is 11.7 Å². The van der Waals surface area contributed by atoms with Crippen LogP contribution >= 0.6 is 0 Å². The van der Waals surface area contributed by atoms with Gasteiger partial charge in [-0.3, -0.25) is 4.90 Å². The van der Waals surface area contributed by atoms with Gasteiger partial charge in [-0.2, -0.15) is 4.98 Å². The second-order valence-electron chi connectivity index (χ2n) is 6.20. The lowest BCUT2D eigenvalue weighted by atomic mass is 9.97. The quantitative estimate of drug-likeness (QED) is 0.817. The molecule has 0 radical (unpaired) electrons. The van der Waals surface area contributed by atoms with E-state index in [0.717, 1.165) is 63.6 Å². The fourth-order valence-corrected chi connectivity index (χ4v) is 2.91. The average molecular weight is 295 g/mol. The van der Waals surface area contributed by atoms with Crippen molar-refractivity contribution in [2.45, 2.75) is 38.6 Å². The Balaban J connectivity index is 1.91. The largest absolute Gasteiger partial charge is 0.339 e. The molecule has 1 fully saturated rings. The molecule has 0 amide bonds. The van der Waals surface area contributed by atoms with E-state index in [2.05, 4.69) is 41.0 Å². The zero-order chi connectivity index (χ0) is 15.2. The van der Waals surface area contributed by atoms with Crippen molar-refractivity contribution in [3.05, 3.63) is 11.7 Å². The second-order valence-corrected chi connectivity index (χ2v) is 6.20. The van der Waals surface area contributed by atoms with Crippen LogP contribution < -0.4 is 5.73 Å². The summed E-state index contributed by atoms with van der Waals surface area (Å²) >= 11 is 0. The second kappa shape index (κ2) is 7.87. The van der Waals surface area contributed by atoms with Gasteiger partial charge in [-0.1, -0.05) is 18.5 Å². The van der Waals surface area contributed by atoms with Gasteiger partial charge in [-0.25, -0.2) is 0 Å². The van der Waals surface area contributed by atoms with E-state index in [1.54, 1.807) is 0 Å².